The van der Waals surface area contributed by atoms with Gasteiger partial charge in [0.2, 0.25) is 0 Å². The summed E-state index contributed by atoms with van der Waals surface area (Å²) in [4.78, 5) is 12.7. The number of hydrogen-bond acceptors (Lipinski definition) is 4. The van der Waals surface area contributed by atoms with Gasteiger partial charge in [-0.2, -0.15) is 0 Å². The highest BCUT2D eigenvalue weighted by Crippen LogP contribution is 2.35. The van der Waals surface area contributed by atoms with Crippen LogP contribution in [0.3, 0.4) is 0 Å². The van der Waals surface area contributed by atoms with Gasteiger partial charge >= 0.3 is 0 Å². The van der Waals surface area contributed by atoms with Crippen molar-refractivity contribution in [3.63, 3.8) is 0 Å². The number of rotatable bonds is 5. The van der Waals surface area contributed by atoms with E-state index in [1.165, 1.54) is 17.4 Å². The monoisotopic (exact) mass is 383 g/mol. The average Bonchev–Trinajstić information content (AvgIpc) is 2.88. The highest BCUT2D eigenvalue weighted by Gasteiger charge is 2.08. The van der Waals surface area contributed by atoms with Gasteiger partial charge in [-0.3, -0.25) is 15.6 Å². The smallest absolute Gasteiger partial charge is 0.262 e. The van der Waals surface area contributed by atoms with Crippen molar-refractivity contribution >= 4 is 62.3 Å². The van der Waals surface area contributed by atoms with Gasteiger partial charge in [0.15, 0.2) is 5.11 Å². The number of carbonyl (C=O) groups is 1. The third-order valence-electron chi connectivity index (χ3n) is 3.04. The fraction of sp³-hybridized carbons (Fsp3) is 0.250. The first-order chi connectivity index (χ1) is 11.5. The van der Waals surface area contributed by atoms with E-state index in [4.69, 9.17) is 28.6 Å². The van der Waals surface area contributed by atoms with Crippen molar-refractivity contribution in [2.45, 2.75) is 13.0 Å². The molecule has 0 saturated carbocycles. The van der Waals surface area contributed by atoms with Gasteiger partial charge in [-0.1, -0.05) is 29.8 Å². The Kier molecular flexibility index (Phi) is 6.99. The van der Waals surface area contributed by atoms with Gasteiger partial charge in [-0.15, -0.1) is 11.3 Å². The highest BCUT2D eigenvalue weighted by atomic mass is 35.5. The lowest BCUT2D eigenvalue weighted by atomic mass is 10.2. The van der Waals surface area contributed by atoms with Crippen molar-refractivity contribution in [3.8, 4) is 0 Å². The fourth-order valence-electron chi connectivity index (χ4n) is 2.00. The van der Waals surface area contributed by atoms with Crippen LogP contribution >= 0.6 is 35.2 Å². The van der Waals surface area contributed by atoms with Crippen molar-refractivity contribution in [1.82, 2.24) is 16.2 Å². The molecule has 0 saturated heterocycles. The molecule has 0 aliphatic heterocycles. The lowest BCUT2D eigenvalue weighted by Gasteiger charge is -2.15. The first-order valence-corrected chi connectivity index (χ1v) is 8.82. The minimum atomic E-state index is -0.327. The molecule has 2 aromatic rings. The van der Waals surface area contributed by atoms with Gasteiger partial charge in [0.1, 0.15) is 0 Å². The molecule has 0 fully saturated rings. The molecular weight excluding hydrogens is 366 g/mol. The number of amides is 1. The predicted molar refractivity (Wildman–Crippen MR) is 104 cm³/mol. The van der Waals surface area contributed by atoms with E-state index in [0.717, 1.165) is 15.0 Å². The summed E-state index contributed by atoms with van der Waals surface area (Å²) in [6.45, 7) is 2.43. The second-order valence-electron chi connectivity index (χ2n) is 5.05. The molecular formula is C16H18ClN3O2S2. The molecule has 1 heterocycles. The maximum absolute atomic E-state index is 11.8. The third-order valence-corrected chi connectivity index (χ3v) is 4.91. The lowest BCUT2D eigenvalue weighted by molar-refractivity contribution is -0.116. The summed E-state index contributed by atoms with van der Waals surface area (Å²) in [5.41, 5.74) is 5.13. The van der Waals surface area contributed by atoms with Crippen LogP contribution < -0.4 is 16.2 Å². The minimum absolute atomic E-state index is 0.0415. The second-order valence-corrected chi connectivity index (χ2v) is 6.92. The molecule has 0 bridgehead atoms. The molecule has 0 aliphatic carbocycles. The molecule has 3 N–H and O–H groups in total. The summed E-state index contributed by atoms with van der Waals surface area (Å²) in [6, 6.07) is 7.88. The van der Waals surface area contributed by atoms with E-state index in [9.17, 15) is 4.79 Å². The number of nitrogens with one attached hydrogen (secondary N) is 3. The molecule has 0 spiro atoms. The first kappa shape index (κ1) is 18.7. The van der Waals surface area contributed by atoms with Crippen LogP contribution in [-0.2, 0) is 9.53 Å². The summed E-state index contributed by atoms with van der Waals surface area (Å²) >= 11 is 12.9. The molecule has 8 heteroatoms. The van der Waals surface area contributed by atoms with Crippen molar-refractivity contribution in [3.05, 3.63) is 40.2 Å². The number of thiocarbonyl (C=S) groups is 1. The lowest BCUT2D eigenvalue weighted by Crippen LogP contribution is -2.49. The molecule has 1 amide bonds. The fourth-order valence-corrected chi connectivity index (χ4v) is 3.65. The van der Waals surface area contributed by atoms with Gasteiger partial charge < -0.3 is 10.1 Å². The number of benzene rings is 1. The Hall–Kier alpha value is -1.67. The second kappa shape index (κ2) is 8.98. The number of carbonyl (C=O) groups excluding carboxylic acids is 1. The van der Waals surface area contributed by atoms with Gasteiger partial charge in [0.05, 0.1) is 11.6 Å². The number of fused-ring (bicyclic) bond motifs is 1. The Balaban J connectivity index is 1.88. The Labute approximate surface area is 155 Å². The third kappa shape index (κ3) is 5.17. The number of methoxy groups -OCH3 is 1. The van der Waals surface area contributed by atoms with E-state index in [2.05, 4.69) is 16.2 Å². The van der Waals surface area contributed by atoms with Crippen LogP contribution in [0.15, 0.2) is 30.3 Å². The molecule has 1 aromatic carbocycles. The zero-order valence-electron chi connectivity index (χ0n) is 13.3. The van der Waals surface area contributed by atoms with Gasteiger partial charge in [0, 0.05) is 34.2 Å². The normalized spacial score (nSPS) is 12.3. The van der Waals surface area contributed by atoms with Crippen molar-refractivity contribution in [2.24, 2.45) is 0 Å². The standard InChI is InChI=1S/C16H18ClN3O2S2/c1-10(9-22-2)18-16(23)20-19-14(21)8-7-13-15(17)11-5-3-4-6-12(11)24-13/h3-8,10H,9H2,1-2H3,(H,19,21)(H2,18,20,23)/b8-7+/t10-/m0/s1. The molecule has 1 aromatic heterocycles. The molecule has 0 unspecified atom stereocenters. The van der Waals surface area contributed by atoms with E-state index < -0.39 is 0 Å². The van der Waals surface area contributed by atoms with Gasteiger partial charge in [-0.05, 0) is 31.3 Å². The van der Waals surface area contributed by atoms with Crippen molar-refractivity contribution in [1.29, 1.82) is 0 Å². The van der Waals surface area contributed by atoms with Crippen LogP contribution in [0.1, 0.15) is 11.8 Å². The Bertz CT molecular complexity index is 761. The number of hydrazine groups is 1. The van der Waals surface area contributed by atoms with Crippen LogP contribution in [0.4, 0.5) is 0 Å². The van der Waals surface area contributed by atoms with E-state index >= 15 is 0 Å². The van der Waals surface area contributed by atoms with Gasteiger partial charge in [0.25, 0.3) is 5.91 Å². The van der Waals surface area contributed by atoms with E-state index in [1.807, 2.05) is 31.2 Å². The van der Waals surface area contributed by atoms with E-state index in [0.29, 0.717) is 16.7 Å². The Morgan fingerprint density at radius 3 is 2.88 bits per heavy atom. The minimum Gasteiger partial charge on any atom is -0.383 e. The molecule has 5 nitrogen and oxygen atoms in total. The summed E-state index contributed by atoms with van der Waals surface area (Å²) in [5, 5.41) is 4.93. The maximum atomic E-state index is 11.8. The summed E-state index contributed by atoms with van der Waals surface area (Å²) in [6.07, 6.45) is 3.10. The largest absolute Gasteiger partial charge is 0.383 e. The van der Waals surface area contributed by atoms with Crippen molar-refractivity contribution < 1.29 is 9.53 Å². The summed E-state index contributed by atoms with van der Waals surface area (Å²) in [7, 11) is 1.61. The molecule has 0 aliphatic rings. The zero-order chi connectivity index (χ0) is 17.5. The number of thiophene rings is 1. The molecule has 24 heavy (non-hydrogen) atoms. The molecule has 1 atom stereocenters. The SMILES string of the molecule is COC[C@H](C)NC(=S)NNC(=O)/C=C/c1sc2ccccc2c1Cl. The summed E-state index contributed by atoms with van der Waals surface area (Å²) in [5.74, 6) is -0.327. The van der Waals surface area contributed by atoms with Gasteiger partial charge in [-0.25, -0.2) is 0 Å². The summed E-state index contributed by atoms with van der Waals surface area (Å²) < 4.78 is 6.08. The Morgan fingerprint density at radius 2 is 2.17 bits per heavy atom. The zero-order valence-corrected chi connectivity index (χ0v) is 15.6. The van der Waals surface area contributed by atoms with Crippen molar-refractivity contribution in [2.75, 3.05) is 13.7 Å². The predicted octanol–water partition coefficient (Wildman–Crippen LogP) is 3.10. The number of hydrogen-bond donors (Lipinski definition) is 3. The van der Waals surface area contributed by atoms with Crippen LogP contribution in [0, 0.1) is 0 Å². The van der Waals surface area contributed by atoms with E-state index in [1.54, 1.807) is 13.2 Å². The highest BCUT2D eigenvalue weighted by molar-refractivity contribution is 7.80. The number of halogens is 1. The number of ether oxygens (including phenoxy) is 1. The van der Waals surface area contributed by atoms with Crippen LogP contribution in [0.5, 0.6) is 0 Å². The molecule has 0 radical (unpaired) electrons. The quantitative estimate of drug-likeness (QED) is 0.420. The Morgan fingerprint density at radius 1 is 1.42 bits per heavy atom. The average molecular weight is 384 g/mol. The van der Waals surface area contributed by atoms with Crippen LogP contribution in [0.25, 0.3) is 16.2 Å². The van der Waals surface area contributed by atoms with Crippen LogP contribution in [-0.4, -0.2) is 30.8 Å². The van der Waals surface area contributed by atoms with Crippen LogP contribution in [0.2, 0.25) is 5.02 Å². The maximum Gasteiger partial charge on any atom is 0.262 e. The molecule has 2 rings (SSSR count). The van der Waals surface area contributed by atoms with E-state index in [-0.39, 0.29) is 11.9 Å². The first-order valence-electron chi connectivity index (χ1n) is 7.21. The molecule has 128 valence electrons. The topological polar surface area (TPSA) is 62.4 Å².